The van der Waals surface area contributed by atoms with E-state index in [2.05, 4.69) is 26.2 Å². The first kappa shape index (κ1) is 13.3. The molecular formula is C12H10BrN3O3. The number of halogens is 1. The third-order valence-corrected chi connectivity index (χ3v) is 3.02. The lowest BCUT2D eigenvalue weighted by Gasteiger charge is -2.05. The highest BCUT2D eigenvalue weighted by molar-refractivity contribution is 9.10. The number of nitrogens with one attached hydrogen (secondary N) is 2. The molecule has 0 saturated heterocycles. The molecule has 0 bridgehead atoms. The first-order valence-corrected chi connectivity index (χ1v) is 6.14. The Morgan fingerprint density at radius 1 is 1.26 bits per heavy atom. The number of amides is 1. The number of anilines is 1. The van der Waals surface area contributed by atoms with Crippen LogP contribution in [0.2, 0.25) is 0 Å². The van der Waals surface area contributed by atoms with Gasteiger partial charge in [-0.3, -0.25) is 14.2 Å². The van der Waals surface area contributed by atoms with Gasteiger partial charge in [-0.1, -0.05) is 15.9 Å². The van der Waals surface area contributed by atoms with Crippen molar-refractivity contribution in [3.63, 3.8) is 0 Å². The third kappa shape index (κ3) is 3.00. The highest BCUT2D eigenvalue weighted by Crippen LogP contribution is 2.14. The summed E-state index contributed by atoms with van der Waals surface area (Å²) in [5.74, 6) is -0.544. The zero-order valence-electron chi connectivity index (χ0n) is 9.94. The minimum absolute atomic E-state index is 0.0731. The number of hydrogen-bond donors (Lipinski definition) is 2. The summed E-state index contributed by atoms with van der Waals surface area (Å²) in [6, 6.07) is 8.00. The average Bonchev–Trinajstić information content (AvgIpc) is 2.38. The van der Waals surface area contributed by atoms with Crippen LogP contribution in [0.4, 0.5) is 5.69 Å². The molecule has 0 radical (unpaired) electrons. The summed E-state index contributed by atoms with van der Waals surface area (Å²) in [7, 11) is 1.33. The smallest absolute Gasteiger partial charge is 0.321 e. The van der Waals surface area contributed by atoms with Crippen molar-refractivity contribution in [2.45, 2.75) is 0 Å². The number of hydrogen-bond acceptors (Lipinski definition) is 3. The second kappa shape index (κ2) is 5.23. The number of carbonyl (C=O) groups excluding carboxylic acids is 1. The van der Waals surface area contributed by atoms with Crippen LogP contribution in [0.25, 0.3) is 0 Å². The molecule has 0 aliphatic heterocycles. The largest absolute Gasteiger partial charge is 0.328 e. The maximum absolute atomic E-state index is 11.9. The van der Waals surface area contributed by atoms with Crippen molar-refractivity contribution < 1.29 is 4.79 Å². The molecule has 0 unspecified atom stereocenters. The lowest BCUT2D eigenvalue weighted by Crippen LogP contribution is -2.34. The second-order valence-corrected chi connectivity index (χ2v) is 4.76. The average molecular weight is 324 g/mol. The highest BCUT2D eigenvalue weighted by atomic mass is 79.9. The highest BCUT2D eigenvalue weighted by Gasteiger charge is 2.09. The van der Waals surface area contributed by atoms with Crippen molar-refractivity contribution in [2.75, 3.05) is 5.32 Å². The van der Waals surface area contributed by atoms with Gasteiger partial charge in [-0.15, -0.1) is 0 Å². The van der Waals surface area contributed by atoms with Gasteiger partial charge in [-0.25, -0.2) is 4.79 Å². The fraction of sp³-hybridized carbons (Fsp3) is 0.0833. The van der Waals surface area contributed by atoms with Gasteiger partial charge in [0.2, 0.25) is 0 Å². The van der Waals surface area contributed by atoms with Crippen molar-refractivity contribution in [1.29, 1.82) is 0 Å². The molecule has 2 aromatic rings. The van der Waals surface area contributed by atoms with Gasteiger partial charge in [-0.05, 0) is 24.3 Å². The van der Waals surface area contributed by atoms with Crippen LogP contribution in [0.5, 0.6) is 0 Å². The third-order valence-electron chi connectivity index (χ3n) is 2.49. The quantitative estimate of drug-likeness (QED) is 0.867. The molecule has 0 fully saturated rings. The first-order valence-electron chi connectivity index (χ1n) is 5.34. The lowest BCUT2D eigenvalue weighted by molar-refractivity contribution is 0.102. The molecule has 1 amide bonds. The molecule has 0 aliphatic carbocycles. The zero-order chi connectivity index (χ0) is 14.0. The molecule has 0 saturated carbocycles. The Morgan fingerprint density at radius 3 is 2.47 bits per heavy atom. The van der Waals surface area contributed by atoms with Crippen molar-refractivity contribution in [1.82, 2.24) is 9.55 Å². The van der Waals surface area contributed by atoms with Crippen LogP contribution >= 0.6 is 15.9 Å². The van der Waals surface area contributed by atoms with Gasteiger partial charge in [0.15, 0.2) is 0 Å². The van der Waals surface area contributed by atoms with E-state index in [1.807, 2.05) is 0 Å². The van der Waals surface area contributed by atoms with Gasteiger partial charge in [0.25, 0.3) is 11.5 Å². The number of H-pyrrole nitrogens is 1. The van der Waals surface area contributed by atoms with Crippen LogP contribution < -0.4 is 16.6 Å². The van der Waals surface area contributed by atoms with Crippen molar-refractivity contribution in [2.24, 2.45) is 7.05 Å². The molecule has 0 atom stereocenters. The van der Waals surface area contributed by atoms with Gasteiger partial charge >= 0.3 is 5.69 Å². The SMILES string of the molecule is Cn1c(=O)cc(C(=O)Nc2ccc(Br)cc2)[nH]c1=O. The maximum atomic E-state index is 11.9. The van der Waals surface area contributed by atoms with Crippen LogP contribution in [0.3, 0.4) is 0 Å². The Kier molecular flexibility index (Phi) is 3.66. The lowest BCUT2D eigenvalue weighted by atomic mass is 10.3. The fourth-order valence-corrected chi connectivity index (χ4v) is 1.67. The van der Waals surface area contributed by atoms with E-state index in [1.54, 1.807) is 24.3 Å². The van der Waals surface area contributed by atoms with E-state index in [9.17, 15) is 14.4 Å². The second-order valence-electron chi connectivity index (χ2n) is 3.85. The zero-order valence-corrected chi connectivity index (χ0v) is 11.5. The Hall–Kier alpha value is -2.15. The Bertz CT molecular complexity index is 700. The Morgan fingerprint density at radius 2 is 1.89 bits per heavy atom. The summed E-state index contributed by atoms with van der Waals surface area (Å²) in [5, 5.41) is 2.58. The number of rotatable bonds is 2. The summed E-state index contributed by atoms with van der Waals surface area (Å²) in [6.07, 6.45) is 0. The van der Waals surface area contributed by atoms with Gasteiger partial charge in [-0.2, -0.15) is 0 Å². The number of benzene rings is 1. The van der Waals surface area contributed by atoms with Crippen LogP contribution in [0, 0.1) is 0 Å². The van der Waals surface area contributed by atoms with E-state index in [1.165, 1.54) is 7.05 Å². The van der Waals surface area contributed by atoms with Crippen molar-refractivity contribution in [3.05, 3.63) is 61.3 Å². The maximum Gasteiger partial charge on any atom is 0.328 e. The minimum Gasteiger partial charge on any atom is -0.321 e. The van der Waals surface area contributed by atoms with Crippen LogP contribution in [-0.4, -0.2) is 15.5 Å². The number of aromatic nitrogens is 2. The van der Waals surface area contributed by atoms with Gasteiger partial charge < -0.3 is 10.3 Å². The van der Waals surface area contributed by atoms with E-state index in [4.69, 9.17) is 0 Å². The van der Waals surface area contributed by atoms with E-state index in [0.29, 0.717) is 5.69 Å². The van der Waals surface area contributed by atoms with Crippen molar-refractivity contribution in [3.8, 4) is 0 Å². The normalized spacial score (nSPS) is 10.2. The van der Waals surface area contributed by atoms with Crippen LogP contribution in [-0.2, 0) is 7.05 Å². The molecule has 0 spiro atoms. The molecule has 2 N–H and O–H groups in total. The van der Waals surface area contributed by atoms with E-state index in [0.717, 1.165) is 15.1 Å². The van der Waals surface area contributed by atoms with Gasteiger partial charge in [0.05, 0.1) is 0 Å². The van der Waals surface area contributed by atoms with Gasteiger partial charge in [0.1, 0.15) is 5.69 Å². The molecular weight excluding hydrogens is 314 g/mol. The molecule has 1 aromatic heterocycles. The molecule has 7 heteroatoms. The topological polar surface area (TPSA) is 84.0 Å². The van der Waals surface area contributed by atoms with E-state index in [-0.39, 0.29) is 5.69 Å². The van der Waals surface area contributed by atoms with Crippen LogP contribution in [0.1, 0.15) is 10.5 Å². The number of nitrogens with zero attached hydrogens (tertiary/aromatic N) is 1. The summed E-state index contributed by atoms with van der Waals surface area (Å²) in [5.41, 5.74) is -0.677. The summed E-state index contributed by atoms with van der Waals surface area (Å²) >= 11 is 3.28. The fourth-order valence-electron chi connectivity index (χ4n) is 1.41. The van der Waals surface area contributed by atoms with Crippen LogP contribution in [0.15, 0.2) is 44.4 Å². The number of aromatic amines is 1. The molecule has 19 heavy (non-hydrogen) atoms. The molecule has 1 heterocycles. The van der Waals surface area contributed by atoms with Gasteiger partial charge in [0, 0.05) is 23.3 Å². The summed E-state index contributed by atoms with van der Waals surface area (Å²) < 4.78 is 1.77. The molecule has 2 rings (SSSR count). The van der Waals surface area contributed by atoms with E-state index >= 15 is 0 Å². The molecule has 1 aromatic carbocycles. The minimum atomic E-state index is -0.631. The Balaban J connectivity index is 2.28. The number of carbonyl (C=O) groups is 1. The monoisotopic (exact) mass is 323 g/mol. The van der Waals surface area contributed by atoms with Crippen molar-refractivity contribution >= 4 is 27.5 Å². The molecule has 6 nitrogen and oxygen atoms in total. The Labute approximate surface area is 116 Å². The standard InChI is InChI=1S/C12H10BrN3O3/c1-16-10(17)6-9(15-12(16)19)11(18)14-8-4-2-7(13)3-5-8/h2-6H,1H3,(H,14,18)(H,15,19). The van der Waals surface area contributed by atoms with E-state index < -0.39 is 17.2 Å². The molecule has 0 aliphatic rings. The summed E-state index contributed by atoms with van der Waals surface area (Å²) in [6.45, 7) is 0. The summed E-state index contributed by atoms with van der Waals surface area (Å²) in [4.78, 5) is 37.0. The predicted molar refractivity (Wildman–Crippen MR) is 74.4 cm³/mol. The molecule has 98 valence electrons. The first-order chi connectivity index (χ1) is 8.97. The predicted octanol–water partition coefficient (Wildman–Crippen LogP) is 1.09.